The van der Waals surface area contributed by atoms with Crippen molar-refractivity contribution in [2.75, 3.05) is 37.1 Å². The minimum Gasteiger partial charge on any atom is -0.507 e. The molecule has 7 nitrogen and oxygen atoms in total. The summed E-state index contributed by atoms with van der Waals surface area (Å²) in [5.74, 6) is -1.30. The molecule has 0 aliphatic carbocycles. The fourth-order valence-electron chi connectivity index (χ4n) is 4.94. The molecule has 4 rings (SSSR count). The number of carbonyl (C=O) groups is 2. The van der Waals surface area contributed by atoms with E-state index in [1.165, 1.54) is 19.1 Å². The average molecular weight is 535 g/mol. The van der Waals surface area contributed by atoms with E-state index in [9.17, 15) is 14.7 Å². The Morgan fingerprint density at radius 2 is 1.66 bits per heavy atom. The molecule has 1 aliphatic rings. The van der Waals surface area contributed by atoms with Crippen molar-refractivity contribution in [1.29, 1.82) is 0 Å². The van der Waals surface area contributed by atoms with E-state index in [1.54, 1.807) is 36.4 Å². The predicted octanol–water partition coefficient (Wildman–Crippen LogP) is 6.14. The standard InChI is InChI=1S/C30H31ClN2O5/c1-6-32(7-2)20-14-12-19(13-15-20)26-25(27(34)21-16-18(3)17-22(31)29(21)38-5)28(35)30(36)33(26)23-10-8-9-11-24(23)37-4/h8-17,26,34H,6-7H2,1-5H3/b27-25+. The van der Waals surface area contributed by atoms with Crippen molar-refractivity contribution in [2.45, 2.75) is 26.8 Å². The van der Waals surface area contributed by atoms with Gasteiger partial charge in [0.25, 0.3) is 11.7 Å². The van der Waals surface area contributed by atoms with Crippen LogP contribution < -0.4 is 19.3 Å². The first-order valence-corrected chi connectivity index (χ1v) is 12.8. The zero-order valence-electron chi connectivity index (χ0n) is 22.1. The molecule has 1 amide bonds. The summed E-state index contributed by atoms with van der Waals surface area (Å²) in [4.78, 5) is 30.7. The van der Waals surface area contributed by atoms with Crippen LogP contribution in [0.1, 0.15) is 36.6 Å². The SMILES string of the molecule is CCN(CC)c1ccc(C2/C(=C(\O)c3cc(C)cc(Cl)c3OC)C(=O)C(=O)N2c2ccccc2OC)cc1. The van der Waals surface area contributed by atoms with E-state index in [2.05, 4.69) is 18.7 Å². The number of nitrogens with zero attached hydrogens (tertiary/aromatic N) is 2. The minimum absolute atomic E-state index is 0.0588. The molecule has 1 unspecified atom stereocenters. The Balaban J connectivity index is 1.99. The van der Waals surface area contributed by atoms with Crippen LogP contribution in [-0.4, -0.2) is 44.1 Å². The van der Waals surface area contributed by atoms with Gasteiger partial charge in [-0.3, -0.25) is 14.5 Å². The summed E-state index contributed by atoms with van der Waals surface area (Å²) >= 11 is 6.40. The molecule has 3 aromatic carbocycles. The first-order chi connectivity index (χ1) is 18.3. The van der Waals surface area contributed by atoms with Gasteiger partial charge in [0.2, 0.25) is 0 Å². The van der Waals surface area contributed by atoms with Crippen LogP contribution in [0.4, 0.5) is 11.4 Å². The lowest BCUT2D eigenvalue weighted by atomic mass is 9.94. The maximum Gasteiger partial charge on any atom is 0.300 e. The Hall–Kier alpha value is -3.97. The summed E-state index contributed by atoms with van der Waals surface area (Å²) in [6, 6.07) is 17.1. The lowest BCUT2D eigenvalue weighted by Crippen LogP contribution is -2.30. The average Bonchev–Trinajstić information content (AvgIpc) is 3.18. The van der Waals surface area contributed by atoms with Gasteiger partial charge in [-0.25, -0.2) is 0 Å². The normalized spacial score (nSPS) is 16.6. The third-order valence-corrected chi connectivity index (χ3v) is 7.05. The van der Waals surface area contributed by atoms with E-state index in [0.717, 1.165) is 24.3 Å². The zero-order valence-corrected chi connectivity index (χ0v) is 22.9. The second kappa shape index (κ2) is 11.2. The van der Waals surface area contributed by atoms with Crippen LogP contribution in [0.25, 0.3) is 5.76 Å². The number of ether oxygens (including phenoxy) is 2. The monoisotopic (exact) mass is 534 g/mol. The molecule has 38 heavy (non-hydrogen) atoms. The van der Waals surface area contributed by atoms with Crippen LogP contribution in [-0.2, 0) is 9.59 Å². The van der Waals surface area contributed by atoms with Gasteiger partial charge in [0.1, 0.15) is 17.3 Å². The minimum atomic E-state index is -0.916. The molecular formula is C30H31ClN2O5. The van der Waals surface area contributed by atoms with Crippen LogP contribution in [0.2, 0.25) is 5.02 Å². The highest BCUT2D eigenvalue weighted by Crippen LogP contribution is 2.46. The molecule has 0 bridgehead atoms. The quantitative estimate of drug-likeness (QED) is 0.212. The largest absolute Gasteiger partial charge is 0.507 e. The van der Waals surface area contributed by atoms with Gasteiger partial charge in [0.15, 0.2) is 0 Å². The van der Waals surface area contributed by atoms with Gasteiger partial charge in [-0.15, -0.1) is 0 Å². The summed E-state index contributed by atoms with van der Waals surface area (Å²) in [6.45, 7) is 7.65. The fourth-order valence-corrected chi connectivity index (χ4v) is 5.29. The Bertz CT molecular complexity index is 1400. The van der Waals surface area contributed by atoms with Crippen LogP contribution >= 0.6 is 11.6 Å². The Kier molecular flexibility index (Phi) is 7.97. The van der Waals surface area contributed by atoms with Crippen LogP contribution in [0.5, 0.6) is 11.5 Å². The molecular weight excluding hydrogens is 504 g/mol. The first-order valence-electron chi connectivity index (χ1n) is 12.4. The van der Waals surface area contributed by atoms with Crippen molar-refractivity contribution in [3.63, 3.8) is 0 Å². The summed E-state index contributed by atoms with van der Waals surface area (Å²) in [5, 5.41) is 11.9. The number of benzene rings is 3. The van der Waals surface area contributed by atoms with E-state index < -0.39 is 17.7 Å². The molecule has 1 atom stereocenters. The Morgan fingerprint density at radius 1 is 1.00 bits per heavy atom. The highest BCUT2D eigenvalue weighted by atomic mass is 35.5. The first kappa shape index (κ1) is 27.1. The molecule has 3 aromatic rings. The summed E-state index contributed by atoms with van der Waals surface area (Å²) in [6.07, 6.45) is 0. The number of halogens is 1. The molecule has 1 heterocycles. The van der Waals surface area contributed by atoms with Gasteiger partial charge in [-0.1, -0.05) is 35.9 Å². The Morgan fingerprint density at radius 3 is 2.26 bits per heavy atom. The number of carbonyl (C=O) groups excluding carboxylic acids is 2. The number of para-hydroxylation sites is 2. The van der Waals surface area contributed by atoms with Crippen LogP contribution in [0.15, 0.2) is 66.2 Å². The van der Waals surface area contributed by atoms with Gasteiger partial charge < -0.3 is 19.5 Å². The predicted molar refractivity (Wildman–Crippen MR) is 151 cm³/mol. The third-order valence-electron chi connectivity index (χ3n) is 6.77. The van der Waals surface area contributed by atoms with Crippen molar-refractivity contribution < 1.29 is 24.2 Å². The van der Waals surface area contributed by atoms with E-state index >= 15 is 0 Å². The van der Waals surface area contributed by atoms with Crippen molar-refractivity contribution in [2.24, 2.45) is 0 Å². The maximum absolute atomic E-state index is 13.6. The molecule has 1 saturated heterocycles. The molecule has 0 aromatic heterocycles. The number of hydrogen-bond acceptors (Lipinski definition) is 6. The second-order valence-corrected chi connectivity index (χ2v) is 9.34. The fraction of sp³-hybridized carbons (Fsp3) is 0.267. The van der Waals surface area contributed by atoms with Gasteiger partial charge in [0, 0.05) is 18.8 Å². The van der Waals surface area contributed by atoms with E-state index in [0.29, 0.717) is 17.0 Å². The van der Waals surface area contributed by atoms with Gasteiger partial charge in [-0.05, 0) is 68.3 Å². The molecule has 0 saturated carbocycles. The highest BCUT2D eigenvalue weighted by Gasteiger charge is 2.48. The number of hydrogen-bond donors (Lipinski definition) is 1. The van der Waals surface area contributed by atoms with Gasteiger partial charge in [-0.2, -0.15) is 0 Å². The third kappa shape index (κ3) is 4.70. The molecule has 8 heteroatoms. The number of rotatable bonds is 8. The molecule has 1 aliphatic heterocycles. The zero-order chi connectivity index (χ0) is 27.6. The van der Waals surface area contributed by atoms with E-state index in [-0.39, 0.29) is 27.7 Å². The number of Topliss-reactive ketones (excluding diaryl/α,β-unsaturated/α-hetero) is 1. The summed E-state index contributed by atoms with van der Waals surface area (Å²) in [7, 11) is 2.94. The highest BCUT2D eigenvalue weighted by molar-refractivity contribution is 6.52. The molecule has 198 valence electrons. The number of anilines is 2. The lowest BCUT2D eigenvalue weighted by Gasteiger charge is -2.28. The molecule has 0 spiro atoms. The van der Waals surface area contributed by atoms with E-state index in [4.69, 9.17) is 21.1 Å². The van der Waals surface area contributed by atoms with Crippen LogP contribution in [0, 0.1) is 6.92 Å². The topological polar surface area (TPSA) is 79.3 Å². The molecule has 1 fully saturated rings. The van der Waals surface area contributed by atoms with Crippen molar-refractivity contribution in [3.05, 3.63) is 87.9 Å². The number of amides is 1. The Labute approximate surface area is 227 Å². The summed E-state index contributed by atoms with van der Waals surface area (Å²) < 4.78 is 11.0. The number of aryl methyl sites for hydroxylation is 1. The number of aliphatic hydroxyl groups is 1. The van der Waals surface area contributed by atoms with Gasteiger partial charge >= 0.3 is 0 Å². The van der Waals surface area contributed by atoms with E-state index in [1.807, 2.05) is 31.2 Å². The maximum atomic E-state index is 13.6. The van der Waals surface area contributed by atoms with Crippen LogP contribution in [0.3, 0.4) is 0 Å². The molecule has 1 N–H and O–H groups in total. The molecule has 0 radical (unpaired) electrons. The van der Waals surface area contributed by atoms with Gasteiger partial charge in [0.05, 0.1) is 42.1 Å². The number of ketones is 1. The second-order valence-electron chi connectivity index (χ2n) is 8.93. The van der Waals surface area contributed by atoms with Crippen molar-refractivity contribution in [1.82, 2.24) is 0 Å². The summed E-state index contributed by atoms with van der Waals surface area (Å²) in [5.41, 5.74) is 3.03. The van der Waals surface area contributed by atoms with Crippen molar-refractivity contribution >= 4 is 40.4 Å². The smallest absolute Gasteiger partial charge is 0.300 e. The van der Waals surface area contributed by atoms with Crippen molar-refractivity contribution in [3.8, 4) is 11.5 Å². The number of aliphatic hydroxyl groups excluding tert-OH is 1. The number of methoxy groups -OCH3 is 2. The lowest BCUT2D eigenvalue weighted by molar-refractivity contribution is -0.132.